The number of aromatic nitrogens is 4. The fraction of sp³-hybridized carbons (Fsp3) is 0.269. The predicted octanol–water partition coefficient (Wildman–Crippen LogP) is 5.08. The molecule has 0 saturated heterocycles. The molecule has 0 aliphatic rings. The van der Waals surface area contributed by atoms with Gasteiger partial charge in [0.2, 0.25) is 0 Å². The van der Waals surface area contributed by atoms with Gasteiger partial charge in [-0.1, -0.05) is 11.8 Å². The normalized spacial score (nSPS) is 11.0. The molecule has 0 aliphatic heterocycles. The van der Waals surface area contributed by atoms with Gasteiger partial charge in [0.1, 0.15) is 29.9 Å². The first-order valence-electron chi connectivity index (χ1n) is 11.2. The molecule has 2 aromatic heterocycles. The quantitative estimate of drug-likeness (QED) is 0.148. The van der Waals surface area contributed by atoms with Crippen molar-refractivity contribution < 1.29 is 23.3 Å². The van der Waals surface area contributed by atoms with Crippen molar-refractivity contribution in [1.82, 2.24) is 19.5 Å². The van der Waals surface area contributed by atoms with Crippen LogP contribution in [0.4, 0.5) is 4.39 Å². The summed E-state index contributed by atoms with van der Waals surface area (Å²) in [4.78, 5) is 13.9. The monoisotopic (exact) mass is 510 g/mol. The van der Waals surface area contributed by atoms with E-state index in [0.717, 1.165) is 17.1 Å². The first-order valence-corrected chi connectivity index (χ1v) is 12.4. The molecule has 8 nitrogen and oxygen atoms in total. The third kappa shape index (κ3) is 6.20. The fourth-order valence-electron chi connectivity index (χ4n) is 3.62. The first kappa shape index (κ1) is 25.6. The minimum absolute atomic E-state index is 0.186. The Morgan fingerprint density at radius 2 is 1.61 bits per heavy atom. The van der Waals surface area contributed by atoms with Crippen LogP contribution in [0.25, 0.3) is 22.6 Å². The van der Waals surface area contributed by atoms with Gasteiger partial charge in [0.25, 0.3) is 0 Å². The summed E-state index contributed by atoms with van der Waals surface area (Å²) in [5.74, 6) is 1.86. The lowest BCUT2D eigenvalue weighted by Crippen LogP contribution is -2.11. The van der Waals surface area contributed by atoms with E-state index in [4.69, 9.17) is 23.9 Å². The molecule has 4 aromatic rings. The number of ether oxygens (including phenoxy) is 4. The molecule has 10 heteroatoms. The van der Waals surface area contributed by atoms with Crippen LogP contribution in [0.15, 0.2) is 66.0 Å². The molecule has 4 rings (SSSR count). The Hall–Kier alpha value is -3.47. The van der Waals surface area contributed by atoms with E-state index in [1.165, 1.54) is 23.9 Å². The highest BCUT2D eigenvalue weighted by Crippen LogP contribution is 2.33. The Morgan fingerprint density at radius 1 is 0.889 bits per heavy atom. The Kier molecular flexibility index (Phi) is 8.88. The van der Waals surface area contributed by atoms with Crippen molar-refractivity contribution in [2.24, 2.45) is 0 Å². The first-order chi connectivity index (χ1) is 17.6. The topological polar surface area (TPSA) is 80.5 Å². The Balaban J connectivity index is 1.63. The molecule has 188 valence electrons. The summed E-state index contributed by atoms with van der Waals surface area (Å²) >= 11 is 1.46. The lowest BCUT2D eigenvalue weighted by atomic mass is 10.1. The summed E-state index contributed by atoms with van der Waals surface area (Å²) in [6, 6.07) is 15.4. The molecular weight excluding hydrogens is 483 g/mol. The van der Waals surface area contributed by atoms with Gasteiger partial charge in [-0.15, -0.1) is 0 Å². The lowest BCUT2D eigenvalue weighted by molar-refractivity contribution is 0.0511. The second-order valence-electron chi connectivity index (χ2n) is 7.63. The van der Waals surface area contributed by atoms with Crippen molar-refractivity contribution in [2.45, 2.75) is 18.3 Å². The third-order valence-electron chi connectivity index (χ3n) is 5.24. The van der Waals surface area contributed by atoms with Crippen molar-refractivity contribution in [3.05, 3.63) is 72.4 Å². The van der Waals surface area contributed by atoms with Crippen LogP contribution < -0.4 is 9.47 Å². The molecule has 0 fully saturated rings. The number of benzene rings is 2. The van der Waals surface area contributed by atoms with Gasteiger partial charge in [0.15, 0.2) is 11.9 Å². The molecule has 0 amide bonds. The second-order valence-corrected chi connectivity index (χ2v) is 8.40. The van der Waals surface area contributed by atoms with Crippen molar-refractivity contribution in [2.75, 3.05) is 33.9 Å². The van der Waals surface area contributed by atoms with Crippen LogP contribution in [0.3, 0.4) is 0 Å². The molecule has 0 radical (unpaired) electrons. The smallest absolute Gasteiger partial charge is 0.188 e. The van der Waals surface area contributed by atoms with E-state index in [2.05, 4.69) is 9.97 Å². The highest BCUT2D eigenvalue weighted by Gasteiger charge is 2.21. The van der Waals surface area contributed by atoms with E-state index in [9.17, 15) is 4.39 Å². The van der Waals surface area contributed by atoms with Crippen molar-refractivity contribution in [3.8, 4) is 34.1 Å². The van der Waals surface area contributed by atoms with Gasteiger partial charge in [0.05, 0.1) is 23.7 Å². The molecule has 0 aliphatic carbocycles. The second kappa shape index (κ2) is 12.5. The summed E-state index contributed by atoms with van der Waals surface area (Å²) in [7, 11) is 3.20. The minimum Gasteiger partial charge on any atom is -0.493 e. The van der Waals surface area contributed by atoms with E-state index in [1.54, 1.807) is 32.5 Å². The number of hydrogen-bond acceptors (Lipinski definition) is 8. The number of nitrogens with zero attached hydrogens (tertiary/aromatic N) is 4. The van der Waals surface area contributed by atoms with Gasteiger partial charge < -0.3 is 23.5 Å². The lowest BCUT2D eigenvalue weighted by Gasteiger charge is -2.12. The summed E-state index contributed by atoms with van der Waals surface area (Å²) in [5, 5.41) is 0.644. The zero-order valence-electron chi connectivity index (χ0n) is 20.3. The van der Waals surface area contributed by atoms with Gasteiger partial charge in [-0.2, -0.15) is 0 Å². The standard InChI is InChI=1S/C26H27FN4O4S/c1-32-16-31-23(13-15-34-20-8-10-21(11-9-20)35-17-33-2)30-24(18-4-6-19(27)7-5-18)25(31)22-12-14-28-26(29-22)36-3/h4-12,14H,13,15-17H2,1-3H3. The molecule has 0 bridgehead atoms. The van der Waals surface area contributed by atoms with Gasteiger partial charge in [-0.3, -0.25) is 0 Å². The van der Waals surface area contributed by atoms with Crippen molar-refractivity contribution in [1.29, 1.82) is 0 Å². The highest BCUT2D eigenvalue weighted by atomic mass is 32.2. The van der Waals surface area contributed by atoms with E-state index in [0.29, 0.717) is 41.1 Å². The van der Waals surface area contributed by atoms with Gasteiger partial charge in [0, 0.05) is 32.4 Å². The minimum atomic E-state index is -0.310. The average Bonchev–Trinajstić information content (AvgIpc) is 3.27. The maximum Gasteiger partial charge on any atom is 0.188 e. The Morgan fingerprint density at radius 3 is 2.28 bits per heavy atom. The van der Waals surface area contributed by atoms with Crippen LogP contribution in [-0.4, -0.2) is 53.4 Å². The third-order valence-corrected chi connectivity index (χ3v) is 5.80. The molecular formula is C26H27FN4O4S. The number of methoxy groups -OCH3 is 2. The van der Waals surface area contributed by atoms with Gasteiger partial charge >= 0.3 is 0 Å². The number of rotatable bonds is 12. The zero-order chi connectivity index (χ0) is 25.3. The summed E-state index contributed by atoms with van der Waals surface area (Å²) in [5.41, 5.74) is 2.94. The molecule has 2 heterocycles. The maximum atomic E-state index is 13.6. The molecule has 0 unspecified atom stereocenters. The van der Waals surface area contributed by atoms with Crippen LogP contribution in [0.1, 0.15) is 5.82 Å². The Labute approximate surface area is 213 Å². The summed E-state index contributed by atoms with van der Waals surface area (Å²) in [6.45, 7) is 0.843. The molecule has 2 aromatic carbocycles. The summed E-state index contributed by atoms with van der Waals surface area (Å²) < 4.78 is 37.4. The zero-order valence-corrected chi connectivity index (χ0v) is 21.1. The molecule has 0 N–H and O–H groups in total. The highest BCUT2D eigenvalue weighted by molar-refractivity contribution is 7.98. The van der Waals surface area contributed by atoms with Crippen LogP contribution >= 0.6 is 11.8 Å². The Bertz CT molecular complexity index is 1270. The molecule has 0 spiro atoms. The number of thioether (sulfide) groups is 1. The van der Waals surface area contributed by atoms with E-state index in [-0.39, 0.29) is 19.3 Å². The van der Waals surface area contributed by atoms with Gasteiger partial charge in [-0.25, -0.2) is 19.3 Å². The van der Waals surface area contributed by atoms with Crippen LogP contribution in [0, 0.1) is 5.82 Å². The fourth-order valence-corrected chi connectivity index (χ4v) is 3.97. The van der Waals surface area contributed by atoms with Gasteiger partial charge in [-0.05, 0) is 60.9 Å². The van der Waals surface area contributed by atoms with Crippen LogP contribution in [-0.2, 0) is 22.6 Å². The molecule has 0 saturated carbocycles. The molecule has 36 heavy (non-hydrogen) atoms. The van der Waals surface area contributed by atoms with Crippen LogP contribution in [0.5, 0.6) is 11.5 Å². The number of halogens is 1. The average molecular weight is 511 g/mol. The van der Waals surface area contributed by atoms with E-state index < -0.39 is 0 Å². The largest absolute Gasteiger partial charge is 0.493 e. The molecule has 0 atom stereocenters. The number of hydrogen-bond donors (Lipinski definition) is 0. The van der Waals surface area contributed by atoms with Crippen molar-refractivity contribution >= 4 is 11.8 Å². The maximum absolute atomic E-state index is 13.6. The SMILES string of the molecule is COCOc1ccc(OCCc2nc(-c3ccc(F)cc3)c(-c3ccnc(SC)n3)n2COC)cc1. The number of imidazole rings is 1. The van der Waals surface area contributed by atoms with E-state index in [1.807, 2.05) is 41.2 Å². The predicted molar refractivity (Wildman–Crippen MR) is 136 cm³/mol. The van der Waals surface area contributed by atoms with E-state index >= 15 is 0 Å². The van der Waals surface area contributed by atoms with Crippen LogP contribution in [0.2, 0.25) is 0 Å². The summed E-state index contributed by atoms with van der Waals surface area (Å²) in [6.07, 6.45) is 4.15. The van der Waals surface area contributed by atoms with Crippen molar-refractivity contribution in [3.63, 3.8) is 0 Å².